The molecule has 1 aromatic carbocycles. The van der Waals surface area contributed by atoms with Gasteiger partial charge in [0.1, 0.15) is 28.0 Å². The van der Waals surface area contributed by atoms with Crippen molar-refractivity contribution < 1.29 is 27.1 Å². The highest BCUT2D eigenvalue weighted by Crippen LogP contribution is 2.43. The first-order valence-corrected chi connectivity index (χ1v) is 15.5. The molecule has 1 unspecified atom stereocenters. The van der Waals surface area contributed by atoms with Gasteiger partial charge >= 0.3 is 5.69 Å². The Bertz CT molecular complexity index is 2040. The number of hydrogen-bond donors (Lipinski definition) is 1. The summed E-state index contributed by atoms with van der Waals surface area (Å²) in [5.74, 6) is -4.48. The monoisotopic (exact) mass is 622 g/mol. The van der Waals surface area contributed by atoms with Crippen LogP contribution < -0.4 is 10.6 Å². The van der Waals surface area contributed by atoms with Gasteiger partial charge in [-0.3, -0.25) is 9.78 Å². The lowest BCUT2D eigenvalue weighted by Crippen LogP contribution is -2.57. The lowest BCUT2D eigenvalue weighted by molar-refractivity contribution is -0.126. The van der Waals surface area contributed by atoms with E-state index in [-0.39, 0.29) is 48.1 Å². The van der Waals surface area contributed by atoms with Gasteiger partial charge in [-0.05, 0) is 42.7 Å². The highest BCUT2D eigenvalue weighted by atomic mass is 32.2. The van der Waals surface area contributed by atoms with Crippen molar-refractivity contribution in [3.05, 3.63) is 76.5 Å². The maximum absolute atomic E-state index is 16.7. The fourth-order valence-corrected chi connectivity index (χ4v) is 7.84. The minimum Gasteiger partial charge on any atom is -0.507 e. The SMILES string of the molecule is C=CC(=O)N1CCN2c3nc(=O)n(-c4c(C)ccnc4C(C)C)c4nc(-c5c(O)cccc5F)c(F)c(c34)S(=O)(=O)CC2C1. The molecule has 1 fully saturated rings. The first-order valence-electron chi connectivity index (χ1n) is 13.9. The van der Waals surface area contributed by atoms with E-state index < -0.39 is 66.8 Å². The Morgan fingerprint density at radius 3 is 2.61 bits per heavy atom. The molecule has 0 spiro atoms. The predicted molar refractivity (Wildman–Crippen MR) is 159 cm³/mol. The molecule has 0 radical (unpaired) electrons. The van der Waals surface area contributed by atoms with Crippen LogP contribution in [0.3, 0.4) is 0 Å². The summed E-state index contributed by atoms with van der Waals surface area (Å²) in [4.78, 5) is 41.8. The number of halogens is 2. The van der Waals surface area contributed by atoms with Crippen LogP contribution in [0.5, 0.6) is 5.75 Å². The zero-order valence-corrected chi connectivity index (χ0v) is 24.9. The second kappa shape index (κ2) is 10.5. The highest BCUT2D eigenvalue weighted by Gasteiger charge is 2.42. The molecule has 2 aliphatic rings. The minimum atomic E-state index is -4.54. The van der Waals surface area contributed by atoms with Crippen LogP contribution in [0, 0.1) is 18.6 Å². The summed E-state index contributed by atoms with van der Waals surface area (Å²) in [6, 6.07) is 4.06. The molecule has 4 aromatic rings. The molecule has 0 aliphatic carbocycles. The van der Waals surface area contributed by atoms with E-state index in [0.717, 1.165) is 22.8 Å². The molecule has 0 saturated carbocycles. The Kier molecular flexibility index (Phi) is 6.99. The Labute approximate surface area is 251 Å². The number of anilines is 1. The molecule has 11 nitrogen and oxygen atoms in total. The standard InChI is InChI=1S/C30H28F2N6O5S/c1-5-20(40)36-11-12-37-17(13-36)14-44(42,43)27-22-28(37)35-30(41)38(26-16(4)9-10-33-24(26)15(2)3)29(22)34-25(23(27)32)21-18(31)7-6-8-19(21)39/h5-10,15,17,39H,1,11-14H2,2-4H3. The number of piperazine rings is 1. The second-order valence-corrected chi connectivity index (χ2v) is 13.1. The van der Waals surface area contributed by atoms with Crippen LogP contribution in [-0.4, -0.2) is 75.3 Å². The molecule has 228 valence electrons. The van der Waals surface area contributed by atoms with Crippen molar-refractivity contribution in [3.8, 4) is 22.7 Å². The van der Waals surface area contributed by atoms with E-state index in [4.69, 9.17) is 0 Å². The fourth-order valence-electron chi connectivity index (χ4n) is 6.02. The van der Waals surface area contributed by atoms with Crippen LogP contribution in [0.1, 0.15) is 31.0 Å². The van der Waals surface area contributed by atoms with E-state index in [0.29, 0.717) is 11.3 Å². The number of carbonyl (C=O) groups is 1. The van der Waals surface area contributed by atoms with Crippen molar-refractivity contribution in [2.45, 2.75) is 37.6 Å². The quantitative estimate of drug-likeness (QED) is 0.340. The Balaban J connectivity index is 1.79. The van der Waals surface area contributed by atoms with Crippen LogP contribution in [0.2, 0.25) is 0 Å². The predicted octanol–water partition coefficient (Wildman–Crippen LogP) is 3.25. The largest absolute Gasteiger partial charge is 0.507 e. The van der Waals surface area contributed by atoms with Crippen LogP contribution >= 0.6 is 0 Å². The van der Waals surface area contributed by atoms with Crippen molar-refractivity contribution in [3.63, 3.8) is 0 Å². The van der Waals surface area contributed by atoms with Crippen molar-refractivity contribution in [1.29, 1.82) is 0 Å². The molecule has 1 saturated heterocycles. The van der Waals surface area contributed by atoms with Gasteiger partial charge < -0.3 is 14.9 Å². The third kappa shape index (κ3) is 4.43. The molecule has 3 aromatic heterocycles. The summed E-state index contributed by atoms with van der Waals surface area (Å²) in [7, 11) is -4.54. The summed E-state index contributed by atoms with van der Waals surface area (Å²) in [5, 5.41) is 10.3. The molecule has 6 rings (SSSR count). The van der Waals surface area contributed by atoms with Gasteiger partial charge in [0.05, 0.1) is 34.1 Å². The maximum Gasteiger partial charge on any atom is 0.355 e. The first kappa shape index (κ1) is 29.4. The molecule has 1 N–H and O–H groups in total. The summed E-state index contributed by atoms with van der Waals surface area (Å²) >= 11 is 0. The van der Waals surface area contributed by atoms with Gasteiger partial charge in [0.25, 0.3) is 0 Å². The summed E-state index contributed by atoms with van der Waals surface area (Å²) in [6.07, 6.45) is 2.68. The number of aromatic hydroxyl groups is 1. The number of aryl methyl sites for hydroxylation is 1. The zero-order chi connectivity index (χ0) is 31.7. The normalized spacial score (nSPS) is 17.5. The molecule has 44 heavy (non-hydrogen) atoms. The lowest BCUT2D eigenvalue weighted by atomic mass is 10.0. The Morgan fingerprint density at radius 2 is 1.93 bits per heavy atom. The van der Waals surface area contributed by atoms with Gasteiger partial charge in [-0.2, -0.15) is 4.98 Å². The maximum atomic E-state index is 16.7. The third-order valence-corrected chi connectivity index (χ3v) is 9.85. The average Bonchev–Trinajstić information content (AvgIpc) is 3.06. The van der Waals surface area contributed by atoms with Gasteiger partial charge in [-0.15, -0.1) is 0 Å². The Hall–Kier alpha value is -4.72. The van der Waals surface area contributed by atoms with Crippen LogP contribution in [0.25, 0.3) is 28.0 Å². The highest BCUT2D eigenvalue weighted by molar-refractivity contribution is 7.91. The average molecular weight is 623 g/mol. The molecule has 2 aliphatic heterocycles. The van der Waals surface area contributed by atoms with E-state index in [9.17, 15) is 23.1 Å². The molecule has 14 heteroatoms. The molecule has 1 amide bonds. The number of aromatic nitrogens is 4. The summed E-state index contributed by atoms with van der Waals surface area (Å²) in [6.45, 7) is 9.13. The van der Waals surface area contributed by atoms with E-state index >= 15 is 8.78 Å². The number of sulfone groups is 1. The van der Waals surface area contributed by atoms with Crippen molar-refractivity contribution in [2.24, 2.45) is 0 Å². The third-order valence-electron chi connectivity index (χ3n) is 8.02. The number of amides is 1. The minimum absolute atomic E-state index is 0.0560. The van der Waals surface area contributed by atoms with Crippen molar-refractivity contribution in [1.82, 2.24) is 24.4 Å². The molecular formula is C30H28F2N6O5S. The topological polar surface area (TPSA) is 139 Å². The van der Waals surface area contributed by atoms with Crippen molar-refractivity contribution >= 4 is 32.6 Å². The smallest absolute Gasteiger partial charge is 0.355 e. The number of phenolic OH excluding ortho intramolecular Hbond substituents is 1. The van der Waals surface area contributed by atoms with E-state index in [2.05, 4.69) is 21.5 Å². The number of nitrogens with zero attached hydrogens (tertiary/aromatic N) is 6. The number of fused-ring (bicyclic) bond motifs is 2. The van der Waals surface area contributed by atoms with Gasteiger partial charge in [0.2, 0.25) is 5.91 Å². The summed E-state index contributed by atoms with van der Waals surface area (Å²) in [5.41, 5.74) is -1.25. The zero-order valence-electron chi connectivity index (χ0n) is 24.1. The van der Waals surface area contributed by atoms with Gasteiger partial charge in [-0.25, -0.2) is 31.5 Å². The van der Waals surface area contributed by atoms with Gasteiger partial charge in [0.15, 0.2) is 21.3 Å². The number of pyridine rings is 2. The number of carbonyl (C=O) groups excluding carboxylic acids is 1. The van der Waals surface area contributed by atoms with E-state index in [1.807, 2.05) is 13.8 Å². The number of phenols is 1. The van der Waals surface area contributed by atoms with Crippen LogP contribution in [0.15, 0.2) is 52.8 Å². The number of benzene rings is 1. The van der Waals surface area contributed by atoms with Crippen LogP contribution in [-0.2, 0) is 14.6 Å². The lowest BCUT2D eigenvalue weighted by Gasteiger charge is -2.40. The molecule has 1 atom stereocenters. The second-order valence-electron chi connectivity index (χ2n) is 11.1. The Morgan fingerprint density at radius 1 is 1.18 bits per heavy atom. The first-order chi connectivity index (χ1) is 20.9. The molecular weight excluding hydrogens is 594 g/mol. The van der Waals surface area contributed by atoms with Gasteiger partial charge in [-0.1, -0.05) is 26.5 Å². The van der Waals surface area contributed by atoms with E-state index in [1.165, 1.54) is 11.0 Å². The van der Waals surface area contributed by atoms with E-state index in [1.54, 1.807) is 24.1 Å². The van der Waals surface area contributed by atoms with Crippen LogP contribution in [0.4, 0.5) is 14.6 Å². The number of rotatable bonds is 4. The molecule has 5 heterocycles. The van der Waals surface area contributed by atoms with Crippen molar-refractivity contribution in [2.75, 3.05) is 30.3 Å². The van der Waals surface area contributed by atoms with Gasteiger partial charge in [0, 0.05) is 25.8 Å². The summed E-state index contributed by atoms with van der Waals surface area (Å²) < 4.78 is 61.2. The number of hydrogen-bond acceptors (Lipinski definition) is 9. The molecule has 0 bridgehead atoms. The fraction of sp³-hybridized carbons (Fsp3) is 0.300.